The summed E-state index contributed by atoms with van der Waals surface area (Å²) in [5.74, 6) is 8.07. The summed E-state index contributed by atoms with van der Waals surface area (Å²) in [5, 5.41) is 28.8. The smallest absolute Gasteiger partial charge is 0.307 e. The molecular weight excluding hydrogens is 952 g/mol. The lowest BCUT2D eigenvalue weighted by atomic mass is 9.90. The first-order chi connectivity index (χ1) is 28.7. The van der Waals surface area contributed by atoms with Crippen LogP contribution < -0.4 is 10.6 Å². The van der Waals surface area contributed by atoms with Crippen LogP contribution in [0.25, 0.3) is 0 Å². The van der Waals surface area contributed by atoms with Crippen LogP contribution in [0.2, 0.25) is 36.3 Å². The molecule has 0 aromatic heterocycles. The summed E-state index contributed by atoms with van der Waals surface area (Å²) in [6.07, 6.45) is 5.63. The number of nitro benzene ring substituents is 2. The second-order valence-electron chi connectivity index (χ2n) is 19.1. The Labute approximate surface area is 392 Å². The van der Waals surface area contributed by atoms with E-state index >= 15 is 0 Å². The van der Waals surface area contributed by atoms with Gasteiger partial charge in [-0.15, -0.1) is 6.42 Å². The predicted molar refractivity (Wildman–Crippen MR) is 268 cm³/mol. The minimum atomic E-state index is -1.84. The number of terminal acetylenes is 1. The van der Waals surface area contributed by atoms with Gasteiger partial charge in [-0.2, -0.15) is 0 Å². The summed E-state index contributed by atoms with van der Waals surface area (Å²) in [6, 6.07) is 9.38. The zero-order valence-electron chi connectivity index (χ0n) is 40.6. The molecule has 0 aliphatic heterocycles. The number of anilines is 2. The van der Waals surface area contributed by atoms with Crippen molar-refractivity contribution in [2.45, 2.75) is 132 Å². The molecule has 0 heterocycles. The van der Waals surface area contributed by atoms with E-state index in [1.807, 2.05) is 27.7 Å². The lowest BCUT2D eigenvalue weighted by Gasteiger charge is -2.36. The molecule has 14 nitrogen and oxygen atoms in total. The summed E-state index contributed by atoms with van der Waals surface area (Å²) in [4.78, 5) is 43.8. The number of carbonyl (C=O) groups is 2. The van der Waals surface area contributed by atoms with Gasteiger partial charge < -0.3 is 29.0 Å². The van der Waals surface area contributed by atoms with Crippen molar-refractivity contribution >= 4 is 73.9 Å². The van der Waals surface area contributed by atoms with E-state index in [0.29, 0.717) is 50.8 Å². The summed E-state index contributed by atoms with van der Waals surface area (Å²) >= 11 is 2.10. The van der Waals surface area contributed by atoms with Crippen molar-refractivity contribution in [3.8, 4) is 24.2 Å². The fraction of sp³-hybridized carbons (Fsp3) is 0.609. The average molecular weight is 1030 g/mol. The maximum Gasteiger partial charge on any atom is 0.307 e. The molecule has 0 amide bonds. The fourth-order valence-corrected chi connectivity index (χ4v) is 7.34. The van der Waals surface area contributed by atoms with Gasteiger partial charge in [0, 0.05) is 57.4 Å². The molecule has 2 rings (SSSR count). The van der Waals surface area contributed by atoms with Crippen molar-refractivity contribution in [2.24, 2.45) is 10.8 Å². The number of nitro groups is 2. The molecule has 2 aromatic rings. The van der Waals surface area contributed by atoms with Gasteiger partial charge in [-0.05, 0) is 113 Å². The molecule has 0 radical (unpaired) electrons. The van der Waals surface area contributed by atoms with Crippen LogP contribution in [0.3, 0.4) is 0 Å². The van der Waals surface area contributed by atoms with Crippen LogP contribution in [-0.4, -0.2) is 77.9 Å². The number of hydrogen-bond acceptors (Lipinski definition) is 12. The number of nitrogens with one attached hydrogen (secondary N) is 2. The number of hydrogen-bond donors (Lipinski definition) is 2. The van der Waals surface area contributed by atoms with E-state index < -0.39 is 27.0 Å². The molecule has 2 N–H and O–H groups in total. The monoisotopic (exact) mass is 1020 g/mol. The molecule has 0 fully saturated rings. The van der Waals surface area contributed by atoms with Crippen LogP contribution >= 0.6 is 22.6 Å². The van der Waals surface area contributed by atoms with Crippen LogP contribution in [0.4, 0.5) is 22.7 Å². The molecule has 0 bridgehead atoms. The third-order valence-electron chi connectivity index (χ3n) is 10.5. The second-order valence-corrected chi connectivity index (χ2v) is 29.9. The number of nitrogens with zero attached hydrogens (tertiary/aromatic N) is 2. The number of benzene rings is 2. The zero-order valence-corrected chi connectivity index (χ0v) is 44.7. The lowest BCUT2D eigenvalue weighted by molar-refractivity contribution is -0.385. The largest absolute Gasteiger partial charge is 0.466 e. The van der Waals surface area contributed by atoms with Crippen LogP contribution in [0.5, 0.6) is 0 Å². The average Bonchev–Trinajstić information content (AvgIpc) is 3.14. The van der Waals surface area contributed by atoms with E-state index in [0.717, 1.165) is 9.26 Å². The van der Waals surface area contributed by atoms with Gasteiger partial charge in [0.2, 0.25) is 0 Å². The first kappa shape index (κ1) is 59.0. The highest BCUT2D eigenvalue weighted by atomic mass is 127. The van der Waals surface area contributed by atoms with Gasteiger partial charge in [-0.1, -0.05) is 59.3 Å². The molecule has 352 valence electrons. The number of halogens is 1. The minimum Gasteiger partial charge on any atom is -0.466 e. The van der Waals surface area contributed by atoms with E-state index in [2.05, 4.69) is 119 Å². The van der Waals surface area contributed by atoms with Gasteiger partial charge in [0.1, 0.15) is 0 Å². The van der Waals surface area contributed by atoms with E-state index in [-0.39, 0.29) is 56.6 Å². The lowest BCUT2D eigenvalue weighted by Crippen LogP contribution is -2.41. The molecule has 0 aliphatic rings. The first-order valence-corrected chi connectivity index (χ1v) is 27.9. The Kier molecular flexibility index (Phi) is 24.4. The van der Waals surface area contributed by atoms with Gasteiger partial charge in [-0.25, -0.2) is 0 Å². The Hall–Kier alpha value is -4.02. The molecule has 0 saturated heterocycles. The van der Waals surface area contributed by atoms with Crippen molar-refractivity contribution in [1.29, 1.82) is 0 Å². The van der Waals surface area contributed by atoms with Crippen LogP contribution in [-0.2, 0) is 27.9 Å². The van der Waals surface area contributed by atoms with Gasteiger partial charge >= 0.3 is 11.9 Å². The predicted octanol–water partition coefficient (Wildman–Crippen LogP) is 11.6. The van der Waals surface area contributed by atoms with E-state index in [1.54, 1.807) is 32.0 Å². The zero-order chi connectivity index (χ0) is 49.0. The molecule has 17 heteroatoms. The topological polar surface area (TPSA) is 181 Å². The summed E-state index contributed by atoms with van der Waals surface area (Å²) in [5.41, 5.74) is 1.19. The normalized spacial score (nSPS) is 11.8. The van der Waals surface area contributed by atoms with Crippen LogP contribution in [0.1, 0.15) is 101 Å². The van der Waals surface area contributed by atoms with Crippen molar-refractivity contribution in [2.75, 3.05) is 50.2 Å². The molecule has 63 heavy (non-hydrogen) atoms. The highest BCUT2D eigenvalue weighted by molar-refractivity contribution is 14.1. The Bertz CT molecular complexity index is 1940. The molecule has 0 spiro atoms. The van der Waals surface area contributed by atoms with Gasteiger partial charge in [0.15, 0.2) is 16.6 Å². The molecule has 0 saturated carbocycles. The maximum absolute atomic E-state index is 11.8. The van der Waals surface area contributed by atoms with Crippen LogP contribution in [0, 0.1) is 58.8 Å². The summed E-state index contributed by atoms with van der Waals surface area (Å²) < 4.78 is 22.9. The van der Waals surface area contributed by atoms with E-state index in [9.17, 15) is 29.8 Å². The quantitative estimate of drug-likeness (QED) is 0.0275. The van der Waals surface area contributed by atoms with Crippen molar-refractivity contribution < 1.29 is 37.8 Å². The highest BCUT2D eigenvalue weighted by Gasteiger charge is 2.37. The molecular formula is C46H73IN4O10Si2. The molecule has 0 aliphatic carbocycles. The number of carbonyl (C=O) groups excluding carboxylic acids is 2. The van der Waals surface area contributed by atoms with E-state index in [1.165, 1.54) is 18.2 Å². The number of rotatable bonds is 18. The van der Waals surface area contributed by atoms with Gasteiger partial charge in [0.25, 0.3) is 11.4 Å². The SMILES string of the molecule is C#CC(C)(C)CC(=O)OCC.CC(C)(C)[Si](C)(C)OCCNc1ccc([N+](=O)[O-])cc1I.CCOC(=O)CC(C)(C)C#Cc1cc([N+](=O)[O-])ccc1NCCO[Si](C)(C)C(C)(C)C. The van der Waals surface area contributed by atoms with Crippen LogP contribution in [0.15, 0.2) is 36.4 Å². The number of ether oxygens (including phenoxy) is 2. The summed E-state index contributed by atoms with van der Waals surface area (Å²) in [7, 11) is -3.56. The molecule has 0 unspecified atom stereocenters. The molecule has 0 atom stereocenters. The first-order valence-electron chi connectivity index (χ1n) is 21.0. The Morgan fingerprint density at radius 1 is 0.698 bits per heavy atom. The Morgan fingerprint density at radius 2 is 1.10 bits per heavy atom. The Balaban J connectivity index is 0.00000103. The van der Waals surface area contributed by atoms with Crippen molar-refractivity contribution in [3.63, 3.8) is 0 Å². The second kappa shape index (κ2) is 26.1. The van der Waals surface area contributed by atoms with Crippen molar-refractivity contribution in [1.82, 2.24) is 0 Å². The Morgan fingerprint density at radius 3 is 1.48 bits per heavy atom. The van der Waals surface area contributed by atoms with Gasteiger partial charge in [-0.3, -0.25) is 29.8 Å². The highest BCUT2D eigenvalue weighted by Crippen LogP contribution is 2.37. The van der Waals surface area contributed by atoms with Gasteiger partial charge in [0.05, 0.1) is 60.4 Å². The number of non-ortho nitro benzene ring substituents is 2. The maximum atomic E-state index is 11.8. The fourth-order valence-electron chi connectivity index (χ4n) is 4.56. The third-order valence-corrected chi connectivity index (χ3v) is 20.4. The third kappa shape index (κ3) is 23.0. The number of esters is 2. The minimum absolute atomic E-state index is 0.0319. The summed E-state index contributed by atoms with van der Waals surface area (Å²) in [6.45, 7) is 36.1. The van der Waals surface area contributed by atoms with E-state index in [4.69, 9.17) is 24.7 Å². The molecule has 2 aromatic carbocycles. The van der Waals surface area contributed by atoms with Crippen molar-refractivity contribution in [3.05, 3.63) is 65.8 Å². The standard InChI is InChI=1S/C23H36N2O5Si.C14H23IN2O3Si.C9H14O2/c1-9-29-21(26)17-23(5,6)13-12-18-16-19(25(27)28)10-11-20(18)24-14-15-30-31(7,8)22(2,3)4;1-14(2,3)21(4,5)20-9-8-16-13-7-6-11(17(18)19)10-12(13)15;1-5-9(3,4)7-8(10)11-6-2/h10-11,16,24H,9,14-15,17H2,1-8H3;6-7,10,16H,8-9H2,1-5H3;1H,6-7H2,2-4H3.